The van der Waals surface area contributed by atoms with E-state index in [1.54, 1.807) is 0 Å². The van der Waals surface area contributed by atoms with Crippen molar-refractivity contribution in [3.63, 3.8) is 0 Å². The molecule has 2 heterocycles. The molecular weight excluding hydrogens is 372 g/mol. The SMILES string of the molecule is CCCCc1cc(=O)oc2cc(C)cc(OCC(=O)NCC[NH+]3CCOCC3)c12. The molecule has 0 unspecified atom stereocenters. The number of ether oxygens (including phenoxy) is 2. The summed E-state index contributed by atoms with van der Waals surface area (Å²) in [6.07, 6.45) is 2.76. The van der Waals surface area contributed by atoms with E-state index in [0.717, 1.165) is 68.6 Å². The molecule has 0 radical (unpaired) electrons. The highest BCUT2D eigenvalue weighted by atomic mass is 16.5. The van der Waals surface area contributed by atoms with Gasteiger partial charge in [-0.1, -0.05) is 13.3 Å². The van der Waals surface area contributed by atoms with E-state index in [0.29, 0.717) is 17.9 Å². The molecule has 158 valence electrons. The Kier molecular flexibility index (Phi) is 7.66. The maximum Gasteiger partial charge on any atom is 0.336 e. The molecule has 2 N–H and O–H groups in total. The summed E-state index contributed by atoms with van der Waals surface area (Å²) in [5.41, 5.74) is 1.97. The first kappa shape index (κ1) is 21.3. The smallest absolute Gasteiger partial charge is 0.336 e. The van der Waals surface area contributed by atoms with Crippen LogP contribution >= 0.6 is 0 Å². The van der Waals surface area contributed by atoms with E-state index in [-0.39, 0.29) is 18.1 Å². The highest BCUT2D eigenvalue weighted by Gasteiger charge is 2.15. The van der Waals surface area contributed by atoms with Crippen LogP contribution < -0.4 is 20.6 Å². The molecule has 29 heavy (non-hydrogen) atoms. The zero-order valence-electron chi connectivity index (χ0n) is 17.3. The zero-order chi connectivity index (χ0) is 20.6. The lowest BCUT2D eigenvalue weighted by atomic mass is 10.0. The number of rotatable bonds is 9. The van der Waals surface area contributed by atoms with Crippen molar-refractivity contribution in [1.29, 1.82) is 0 Å². The first-order valence-electron chi connectivity index (χ1n) is 10.4. The van der Waals surface area contributed by atoms with Gasteiger partial charge < -0.3 is 24.1 Å². The minimum atomic E-state index is -0.358. The predicted octanol–water partition coefficient (Wildman–Crippen LogP) is 0.854. The maximum absolute atomic E-state index is 12.2. The molecule has 1 fully saturated rings. The van der Waals surface area contributed by atoms with Crippen molar-refractivity contribution < 1.29 is 23.6 Å². The topological polar surface area (TPSA) is 82.2 Å². The van der Waals surface area contributed by atoms with Crippen molar-refractivity contribution in [2.75, 3.05) is 46.0 Å². The monoisotopic (exact) mass is 403 g/mol. The Morgan fingerprint density at radius 1 is 1.24 bits per heavy atom. The minimum absolute atomic E-state index is 0.0661. The van der Waals surface area contributed by atoms with Crippen LogP contribution in [0.1, 0.15) is 30.9 Å². The Bertz CT molecular complexity index is 887. The lowest BCUT2D eigenvalue weighted by molar-refractivity contribution is -0.906. The standard InChI is InChI=1S/C22H30N2O5/c1-3-4-5-17-14-21(26)29-19-13-16(2)12-18(22(17)19)28-15-20(25)23-6-7-24-8-10-27-11-9-24/h12-14H,3-11,15H2,1-2H3,(H,23,25)/p+1. The molecule has 1 saturated heterocycles. The third kappa shape index (κ3) is 6.05. The summed E-state index contributed by atoms with van der Waals surface area (Å²) in [7, 11) is 0. The molecule has 0 saturated carbocycles. The average Bonchev–Trinajstić information content (AvgIpc) is 2.70. The van der Waals surface area contributed by atoms with Crippen LogP contribution in [0, 0.1) is 6.92 Å². The van der Waals surface area contributed by atoms with Crippen LogP contribution in [0.5, 0.6) is 5.75 Å². The molecule has 2 aromatic rings. The molecule has 7 nitrogen and oxygen atoms in total. The molecule has 0 atom stereocenters. The summed E-state index contributed by atoms with van der Waals surface area (Å²) >= 11 is 0. The lowest BCUT2D eigenvalue weighted by Crippen LogP contribution is -3.14. The largest absolute Gasteiger partial charge is 0.483 e. The van der Waals surface area contributed by atoms with Crippen LogP contribution in [-0.4, -0.2) is 51.9 Å². The second kappa shape index (κ2) is 10.4. The first-order valence-corrected chi connectivity index (χ1v) is 10.4. The number of carbonyl (C=O) groups excluding carboxylic acids is 1. The van der Waals surface area contributed by atoms with Gasteiger partial charge in [-0.15, -0.1) is 0 Å². The number of morpholine rings is 1. The van der Waals surface area contributed by atoms with Crippen molar-refractivity contribution in [3.05, 3.63) is 39.7 Å². The van der Waals surface area contributed by atoms with Crippen molar-refractivity contribution in [1.82, 2.24) is 5.32 Å². The number of hydrogen-bond acceptors (Lipinski definition) is 5. The van der Waals surface area contributed by atoms with Gasteiger partial charge in [0.15, 0.2) is 6.61 Å². The van der Waals surface area contributed by atoms with Gasteiger partial charge in [0, 0.05) is 6.07 Å². The van der Waals surface area contributed by atoms with Crippen LogP contribution in [0.3, 0.4) is 0 Å². The highest BCUT2D eigenvalue weighted by molar-refractivity contribution is 5.88. The third-order valence-corrected chi connectivity index (χ3v) is 5.19. The molecule has 1 aliphatic rings. The third-order valence-electron chi connectivity index (χ3n) is 5.19. The summed E-state index contributed by atoms with van der Waals surface area (Å²) in [4.78, 5) is 25.6. The second-order valence-electron chi connectivity index (χ2n) is 7.58. The fourth-order valence-corrected chi connectivity index (χ4v) is 3.63. The van der Waals surface area contributed by atoms with Gasteiger partial charge in [-0.05, 0) is 43.0 Å². The molecule has 7 heteroatoms. The van der Waals surface area contributed by atoms with E-state index >= 15 is 0 Å². The van der Waals surface area contributed by atoms with E-state index in [4.69, 9.17) is 13.9 Å². The van der Waals surface area contributed by atoms with E-state index in [9.17, 15) is 9.59 Å². The Labute approximate surface area is 171 Å². The predicted molar refractivity (Wildman–Crippen MR) is 111 cm³/mol. The number of quaternary nitrogens is 1. The van der Waals surface area contributed by atoms with Gasteiger partial charge in [0.2, 0.25) is 0 Å². The van der Waals surface area contributed by atoms with Gasteiger partial charge >= 0.3 is 5.63 Å². The van der Waals surface area contributed by atoms with Gasteiger partial charge in [-0.3, -0.25) is 4.79 Å². The van der Waals surface area contributed by atoms with Crippen molar-refractivity contribution >= 4 is 16.9 Å². The Morgan fingerprint density at radius 3 is 2.79 bits per heavy atom. The average molecular weight is 403 g/mol. The summed E-state index contributed by atoms with van der Waals surface area (Å²) < 4.78 is 16.6. The number of fused-ring (bicyclic) bond motifs is 1. The van der Waals surface area contributed by atoms with Crippen molar-refractivity contribution in [2.45, 2.75) is 33.1 Å². The number of unbranched alkanes of at least 4 members (excludes halogenated alkanes) is 1. The molecule has 1 aliphatic heterocycles. The van der Waals surface area contributed by atoms with Gasteiger partial charge in [0.05, 0.1) is 31.7 Å². The molecular formula is C22H31N2O5+. The lowest BCUT2D eigenvalue weighted by Gasteiger charge is -2.23. The number of aryl methyl sites for hydroxylation is 2. The Morgan fingerprint density at radius 2 is 2.03 bits per heavy atom. The van der Waals surface area contributed by atoms with Crippen LogP contribution in [-0.2, 0) is 16.0 Å². The normalized spacial score (nSPS) is 14.8. The van der Waals surface area contributed by atoms with Gasteiger partial charge in [0.1, 0.15) is 24.4 Å². The van der Waals surface area contributed by atoms with Gasteiger partial charge in [-0.25, -0.2) is 4.79 Å². The maximum atomic E-state index is 12.2. The summed E-state index contributed by atoms with van der Waals surface area (Å²) in [5.74, 6) is 0.434. The van der Waals surface area contributed by atoms with E-state index in [1.807, 2.05) is 19.1 Å². The summed E-state index contributed by atoms with van der Waals surface area (Å²) in [6, 6.07) is 5.26. The fourth-order valence-electron chi connectivity index (χ4n) is 3.63. The van der Waals surface area contributed by atoms with E-state index in [2.05, 4.69) is 12.2 Å². The number of hydrogen-bond donors (Lipinski definition) is 2. The fraction of sp³-hybridized carbons (Fsp3) is 0.545. The Balaban J connectivity index is 1.65. The van der Waals surface area contributed by atoms with Gasteiger partial charge in [0.25, 0.3) is 5.91 Å². The van der Waals surface area contributed by atoms with E-state index < -0.39 is 0 Å². The highest BCUT2D eigenvalue weighted by Crippen LogP contribution is 2.30. The van der Waals surface area contributed by atoms with Crippen molar-refractivity contribution in [2.24, 2.45) is 0 Å². The summed E-state index contributed by atoms with van der Waals surface area (Å²) in [6.45, 7) is 8.97. The Hall–Kier alpha value is -2.38. The van der Waals surface area contributed by atoms with Crippen LogP contribution in [0.15, 0.2) is 27.4 Å². The molecule has 0 bridgehead atoms. The number of nitrogens with one attached hydrogen (secondary N) is 2. The van der Waals surface area contributed by atoms with Crippen LogP contribution in [0.2, 0.25) is 0 Å². The number of benzene rings is 1. The van der Waals surface area contributed by atoms with E-state index in [1.165, 1.54) is 11.0 Å². The molecule has 3 rings (SSSR count). The van der Waals surface area contributed by atoms with Gasteiger partial charge in [-0.2, -0.15) is 0 Å². The molecule has 1 amide bonds. The second-order valence-corrected chi connectivity index (χ2v) is 7.58. The quantitative estimate of drug-likeness (QED) is 0.607. The number of amides is 1. The summed E-state index contributed by atoms with van der Waals surface area (Å²) in [5, 5.41) is 3.71. The molecule has 0 spiro atoms. The molecule has 1 aromatic carbocycles. The zero-order valence-corrected chi connectivity index (χ0v) is 17.3. The van der Waals surface area contributed by atoms with Crippen LogP contribution in [0.25, 0.3) is 11.0 Å². The number of carbonyl (C=O) groups is 1. The minimum Gasteiger partial charge on any atom is -0.483 e. The van der Waals surface area contributed by atoms with Crippen molar-refractivity contribution in [3.8, 4) is 5.75 Å². The van der Waals surface area contributed by atoms with Crippen LogP contribution in [0.4, 0.5) is 0 Å². The molecule has 0 aliphatic carbocycles. The molecule has 1 aromatic heterocycles. The first-order chi connectivity index (χ1) is 14.1.